The quantitative estimate of drug-likeness (QED) is 0.649. The number of phenolic OH excluding ortho intramolecular Hbond substituents is 1. The van der Waals surface area contributed by atoms with Crippen molar-refractivity contribution in [2.75, 3.05) is 40.5 Å². The third-order valence-electron chi connectivity index (χ3n) is 5.69. The Morgan fingerprint density at radius 1 is 1.13 bits per heavy atom. The van der Waals surface area contributed by atoms with Crippen molar-refractivity contribution in [1.29, 1.82) is 0 Å². The van der Waals surface area contributed by atoms with Crippen LogP contribution < -0.4 is 15.0 Å². The van der Waals surface area contributed by atoms with Crippen LogP contribution in [-0.2, 0) is 11.3 Å². The predicted molar refractivity (Wildman–Crippen MR) is 118 cm³/mol. The molecule has 1 saturated heterocycles. The topological polar surface area (TPSA) is 96.9 Å². The Hall–Kier alpha value is -3.10. The minimum absolute atomic E-state index is 0.239. The number of ether oxygens (including phenoxy) is 3. The Labute approximate surface area is 180 Å². The zero-order valence-electron chi connectivity index (χ0n) is 18.2. The van der Waals surface area contributed by atoms with Crippen molar-refractivity contribution in [3.05, 3.63) is 45.2 Å². The molecular formula is C23H27N3O5. The molecule has 0 saturated carbocycles. The number of nitrogens with zero attached hydrogens (tertiary/aromatic N) is 2. The fraction of sp³-hybridized carbons (Fsp3) is 0.391. The largest absolute Gasteiger partial charge is 0.507 e. The lowest BCUT2D eigenvalue weighted by molar-refractivity contribution is 0.0336. The van der Waals surface area contributed by atoms with Gasteiger partial charge in [-0.05, 0) is 37.1 Å². The molecule has 8 heteroatoms. The molecule has 164 valence electrons. The molecule has 8 nitrogen and oxygen atoms in total. The van der Waals surface area contributed by atoms with Crippen LogP contribution in [0.15, 0.2) is 23.0 Å². The summed E-state index contributed by atoms with van der Waals surface area (Å²) in [7, 11) is 3.15. The molecule has 1 aromatic heterocycles. The van der Waals surface area contributed by atoms with Crippen molar-refractivity contribution >= 4 is 10.9 Å². The van der Waals surface area contributed by atoms with E-state index in [0.717, 1.165) is 24.2 Å². The number of fused-ring (bicyclic) bond motifs is 1. The lowest BCUT2D eigenvalue weighted by atomic mass is 10.0. The van der Waals surface area contributed by atoms with Crippen molar-refractivity contribution in [3.63, 3.8) is 0 Å². The van der Waals surface area contributed by atoms with Crippen LogP contribution in [0, 0.1) is 13.8 Å². The molecule has 2 aromatic carbocycles. The smallest absolute Gasteiger partial charge is 0.262 e. The van der Waals surface area contributed by atoms with Crippen LogP contribution >= 0.6 is 0 Å². The number of hydrogen-bond donors (Lipinski definition) is 2. The van der Waals surface area contributed by atoms with E-state index in [-0.39, 0.29) is 11.3 Å². The van der Waals surface area contributed by atoms with Crippen molar-refractivity contribution in [2.24, 2.45) is 0 Å². The number of hydrogen-bond acceptors (Lipinski definition) is 7. The molecule has 0 amide bonds. The molecule has 0 aliphatic carbocycles. The number of aromatic amines is 1. The Balaban J connectivity index is 1.87. The van der Waals surface area contributed by atoms with Crippen LogP contribution in [-0.4, -0.2) is 60.5 Å². The third-order valence-corrected chi connectivity index (χ3v) is 5.69. The maximum atomic E-state index is 13.1. The highest BCUT2D eigenvalue weighted by molar-refractivity contribution is 5.89. The summed E-state index contributed by atoms with van der Waals surface area (Å²) < 4.78 is 16.8. The first-order valence-electron chi connectivity index (χ1n) is 10.2. The van der Waals surface area contributed by atoms with E-state index < -0.39 is 0 Å². The molecule has 2 N–H and O–H groups in total. The van der Waals surface area contributed by atoms with Gasteiger partial charge in [0.25, 0.3) is 5.56 Å². The maximum absolute atomic E-state index is 13.1. The molecule has 3 aromatic rings. The van der Waals surface area contributed by atoms with Gasteiger partial charge >= 0.3 is 0 Å². The minimum atomic E-state index is -0.286. The first kappa shape index (κ1) is 21.1. The Bertz CT molecular complexity index is 1160. The van der Waals surface area contributed by atoms with Gasteiger partial charge < -0.3 is 24.3 Å². The van der Waals surface area contributed by atoms with Crippen molar-refractivity contribution in [1.82, 2.24) is 14.9 Å². The van der Waals surface area contributed by atoms with E-state index in [1.807, 2.05) is 13.8 Å². The molecule has 1 fully saturated rings. The molecule has 2 heterocycles. The number of aromatic hydroxyl groups is 1. The Morgan fingerprint density at radius 3 is 2.42 bits per heavy atom. The van der Waals surface area contributed by atoms with Gasteiger partial charge in [-0.2, -0.15) is 0 Å². The average molecular weight is 425 g/mol. The van der Waals surface area contributed by atoms with Crippen LogP contribution in [0.4, 0.5) is 0 Å². The second-order valence-corrected chi connectivity index (χ2v) is 7.75. The monoisotopic (exact) mass is 425 g/mol. The van der Waals surface area contributed by atoms with E-state index in [1.165, 1.54) is 0 Å². The highest BCUT2D eigenvalue weighted by atomic mass is 16.5. The van der Waals surface area contributed by atoms with E-state index in [4.69, 9.17) is 19.2 Å². The zero-order valence-corrected chi connectivity index (χ0v) is 18.2. The molecule has 0 spiro atoms. The van der Waals surface area contributed by atoms with Crippen LogP contribution in [0.25, 0.3) is 22.3 Å². The van der Waals surface area contributed by atoms with Crippen molar-refractivity contribution < 1.29 is 19.3 Å². The molecule has 0 bridgehead atoms. The minimum Gasteiger partial charge on any atom is -0.507 e. The van der Waals surface area contributed by atoms with Gasteiger partial charge in [-0.15, -0.1) is 0 Å². The Kier molecular flexibility index (Phi) is 5.84. The summed E-state index contributed by atoms with van der Waals surface area (Å²) >= 11 is 0. The summed E-state index contributed by atoms with van der Waals surface area (Å²) in [6.07, 6.45) is 0. The number of methoxy groups -OCH3 is 2. The number of H-pyrrole nitrogens is 1. The normalized spacial score (nSPS) is 14.7. The lowest BCUT2D eigenvalue weighted by Gasteiger charge is -2.28. The summed E-state index contributed by atoms with van der Waals surface area (Å²) in [5.74, 6) is 1.76. The summed E-state index contributed by atoms with van der Waals surface area (Å²) in [6.45, 7) is 7.17. The zero-order chi connectivity index (χ0) is 22.1. The molecule has 1 aliphatic rings. The van der Waals surface area contributed by atoms with Gasteiger partial charge in [0.2, 0.25) is 0 Å². The van der Waals surface area contributed by atoms with Crippen LogP contribution in [0.2, 0.25) is 0 Å². The first-order valence-corrected chi connectivity index (χ1v) is 10.2. The summed E-state index contributed by atoms with van der Waals surface area (Å²) in [5.41, 5.74) is 3.17. The van der Waals surface area contributed by atoms with Gasteiger partial charge in [-0.1, -0.05) is 0 Å². The van der Waals surface area contributed by atoms with E-state index in [1.54, 1.807) is 32.4 Å². The van der Waals surface area contributed by atoms with Gasteiger partial charge in [-0.25, -0.2) is 4.98 Å². The number of morpholine rings is 1. The van der Waals surface area contributed by atoms with Crippen molar-refractivity contribution in [3.8, 4) is 28.6 Å². The SMILES string of the molecule is COc1cc2nc(-c3cc(C)c(O)c(C)c3)[nH]c(=O)c2c(OC)c1CN1CCOCC1. The Morgan fingerprint density at radius 2 is 1.81 bits per heavy atom. The highest BCUT2D eigenvalue weighted by Gasteiger charge is 2.22. The molecule has 0 radical (unpaired) electrons. The second-order valence-electron chi connectivity index (χ2n) is 7.75. The maximum Gasteiger partial charge on any atom is 0.262 e. The van der Waals surface area contributed by atoms with Crippen LogP contribution in [0.3, 0.4) is 0 Å². The molecule has 0 atom stereocenters. The molecule has 0 unspecified atom stereocenters. The van der Waals surface area contributed by atoms with E-state index in [2.05, 4.69) is 9.88 Å². The number of aromatic nitrogens is 2. The fourth-order valence-electron chi connectivity index (χ4n) is 4.06. The van der Waals surface area contributed by atoms with Gasteiger partial charge in [-0.3, -0.25) is 9.69 Å². The number of phenols is 1. The standard InChI is InChI=1S/C23H27N3O5/c1-13-9-15(10-14(2)20(13)27)22-24-17-11-18(29-3)16(12-26-5-7-31-8-6-26)21(30-4)19(17)23(28)25-22/h9-11,27H,5-8,12H2,1-4H3,(H,24,25,28). The van der Waals surface area contributed by atoms with Gasteiger partial charge in [0.05, 0.1) is 38.5 Å². The first-order chi connectivity index (χ1) is 14.9. The summed E-state index contributed by atoms with van der Waals surface area (Å²) in [5, 5.41) is 10.5. The lowest BCUT2D eigenvalue weighted by Crippen LogP contribution is -2.35. The van der Waals surface area contributed by atoms with E-state index in [9.17, 15) is 9.90 Å². The summed E-state index contributed by atoms with van der Waals surface area (Å²) in [6, 6.07) is 5.38. The molecule has 31 heavy (non-hydrogen) atoms. The molecular weight excluding hydrogens is 398 g/mol. The fourth-order valence-corrected chi connectivity index (χ4v) is 4.06. The summed E-state index contributed by atoms with van der Waals surface area (Å²) in [4.78, 5) is 23.0. The average Bonchev–Trinajstić information content (AvgIpc) is 2.77. The number of aryl methyl sites for hydroxylation is 2. The van der Waals surface area contributed by atoms with Crippen molar-refractivity contribution in [2.45, 2.75) is 20.4 Å². The van der Waals surface area contributed by atoms with Gasteiger partial charge in [0, 0.05) is 31.3 Å². The molecule has 1 aliphatic heterocycles. The van der Waals surface area contributed by atoms with Gasteiger partial charge in [0.15, 0.2) is 0 Å². The number of benzene rings is 2. The molecule has 4 rings (SSSR count). The number of rotatable bonds is 5. The number of nitrogens with one attached hydrogen (secondary N) is 1. The van der Waals surface area contributed by atoms with E-state index >= 15 is 0 Å². The van der Waals surface area contributed by atoms with Gasteiger partial charge in [0.1, 0.15) is 28.5 Å². The van der Waals surface area contributed by atoms with Crippen LogP contribution in [0.1, 0.15) is 16.7 Å². The van der Waals surface area contributed by atoms with E-state index in [0.29, 0.717) is 59.1 Å². The van der Waals surface area contributed by atoms with Crippen LogP contribution in [0.5, 0.6) is 17.2 Å². The second kappa shape index (κ2) is 8.56. The predicted octanol–water partition coefficient (Wildman–Crippen LogP) is 2.76. The highest BCUT2D eigenvalue weighted by Crippen LogP contribution is 2.36. The third kappa shape index (κ3) is 3.96.